The summed E-state index contributed by atoms with van der Waals surface area (Å²) in [5.74, 6) is -0.344. The number of carbonyl (C=O) groups is 2. The van der Waals surface area contributed by atoms with Crippen molar-refractivity contribution in [3.05, 3.63) is 64.1 Å². The molecule has 0 spiro atoms. The Balaban J connectivity index is 2.06. The first kappa shape index (κ1) is 17.8. The maximum atomic E-state index is 12.0. The van der Waals surface area contributed by atoms with Gasteiger partial charge in [0.05, 0.1) is 0 Å². The molecular weight excluding hydrogens is 349 g/mol. The molecule has 0 aromatic heterocycles. The molecule has 3 amide bonds. The normalized spacial score (nSPS) is 10.5. The van der Waals surface area contributed by atoms with Crippen LogP contribution in [0.25, 0.3) is 6.08 Å². The van der Waals surface area contributed by atoms with E-state index in [1.54, 1.807) is 48.5 Å². The van der Waals surface area contributed by atoms with Crippen LogP contribution in [0.4, 0.5) is 16.2 Å². The van der Waals surface area contributed by atoms with E-state index in [9.17, 15) is 9.59 Å². The lowest BCUT2D eigenvalue weighted by Gasteiger charge is -2.07. The van der Waals surface area contributed by atoms with Gasteiger partial charge in [0, 0.05) is 40.1 Å². The van der Waals surface area contributed by atoms with E-state index in [1.807, 2.05) is 0 Å². The summed E-state index contributed by atoms with van der Waals surface area (Å²) in [5.41, 5.74) is 1.68. The zero-order chi connectivity index (χ0) is 17.5. The Kier molecular flexibility index (Phi) is 6.23. The molecule has 0 aliphatic rings. The van der Waals surface area contributed by atoms with E-state index >= 15 is 0 Å². The van der Waals surface area contributed by atoms with Gasteiger partial charge in [0.2, 0.25) is 5.91 Å². The molecule has 5 nitrogen and oxygen atoms in total. The maximum absolute atomic E-state index is 12.0. The molecule has 7 heteroatoms. The van der Waals surface area contributed by atoms with Gasteiger partial charge in [-0.1, -0.05) is 35.3 Å². The molecule has 0 saturated heterocycles. The number of hydrogen-bond acceptors (Lipinski definition) is 2. The van der Waals surface area contributed by atoms with Crippen LogP contribution in [0, 0.1) is 0 Å². The molecule has 0 fully saturated rings. The third kappa shape index (κ3) is 5.01. The molecule has 0 radical (unpaired) electrons. The Morgan fingerprint density at radius 2 is 1.54 bits per heavy atom. The summed E-state index contributed by atoms with van der Waals surface area (Å²) in [5, 5.41) is 8.69. The zero-order valence-corrected chi connectivity index (χ0v) is 14.3. The van der Waals surface area contributed by atoms with Gasteiger partial charge >= 0.3 is 6.03 Å². The Hall–Kier alpha value is -2.50. The average molecular weight is 364 g/mol. The van der Waals surface area contributed by atoms with Crippen LogP contribution in [-0.4, -0.2) is 19.0 Å². The number of nitrogens with one attached hydrogen (secondary N) is 3. The van der Waals surface area contributed by atoms with E-state index < -0.39 is 0 Å². The number of hydrogen-bond donors (Lipinski definition) is 3. The van der Waals surface area contributed by atoms with Crippen LogP contribution in [0.15, 0.2) is 48.5 Å². The summed E-state index contributed by atoms with van der Waals surface area (Å²) < 4.78 is 0. The first-order valence-corrected chi connectivity index (χ1v) is 7.77. The molecule has 2 aromatic rings. The minimum absolute atomic E-state index is 0.341. The molecule has 2 aromatic carbocycles. The van der Waals surface area contributed by atoms with Crippen LogP contribution in [-0.2, 0) is 4.79 Å². The summed E-state index contributed by atoms with van der Waals surface area (Å²) in [4.78, 5) is 23.3. The van der Waals surface area contributed by atoms with Gasteiger partial charge in [0.25, 0.3) is 0 Å². The van der Waals surface area contributed by atoms with Gasteiger partial charge in [-0.15, -0.1) is 0 Å². The summed E-state index contributed by atoms with van der Waals surface area (Å²) in [7, 11) is 1.52. The highest BCUT2D eigenvalue weighted by molar-refractivity contribution is 6.37. The second kappa shape index (κ2) is 8.38. The highest BCUT2D eigenvalue weighted by Crippen LogP contribution is 2.25. The Bertz CT molecular complexity index is 771. The van der Waals surface area contributed by atoms with Crippen molar-refractivity contribution in [1.82, 2.24) is 5.32 Å². The fraction of sp³-hybridized carbons (Fsp3) is 0.0588. The predicted molar refractivity (Wildman–Crippen MR) is 98.6 cm³/mol. The Labute approximate surface area is 149 Å². The second-order valence-electron chi connectivity index (χ2n) is 4.74. The number of halogens is 2. The fourth-order valence-electron chi connectivity index (χ4n) is 1.88. The SMILES string of the molecule is CNC(=O)Nc1cccc(NC(=O)/C=C/c2c(Cl)cccc2Cl)c1. The van der Waals surface area contributed by atoms with Crippen LogP contribution in [0.5, 0.6) is 0 Å². The summed E-state index contributed by atoms with van der Waals surface area (Å²) >= 11 is 12.1. The van der Waals surface area contributed by atoms with Crippen LogP contribution in [0.1, 0.15) is 5.56 Å². The molecule has 0 aliphatic carbocycles. The molecule has 0 heterocycles. The zero-order valence-electron chi connectivity index (χ0n) is 12.8. The second-order valence-corrected chi connectivity index (χ2v) is 5.56. The van der Waals surface area contributed by atoms with Crippen molar-refractivity contribution in [3.8, 4) is 0 Å². The van der Waals surface area contributed by atoms with E-state index in [0.29, 0.717) is 27.0 Å². The lowest BCUT2D eigenvalue weighted by Crippen LogP contribution is -2.24. The number of rotatable bonds is 4. The van der Waals surface area contributed by atoms with Crippen molar-refractivity contribution in [1.29, 1.82) is 0 Å². The number of benzene rings is 2. The summed E-state index contributed by atoms with van der Waals surface area (Å²) in [6.45, 7) is 0. The first-order chi connectivity index (χ1) is 11.5. The molecule has 0 bridgehead atoms. The minimum Gasteiger partial charge on any atom is -0.341 e. The number of carbonyl (C=O) groups excluding carboxylic acids is 2. The van der Waals surface area contributed by atoms with Gasteiger partial charge in [0.15, 0.2) is 0 Å². The molecule has 0 atom stereocenters. The number of anilines is 2. The minimum atomic E-state index is -0.344. The maximum Gasteiger partial charge on any atom is 0.318 e. The number of urea groups is 1. The molecule has 0 aliphatic heterocycles. The van der Waals surface area contributed by atoms with Crippen LogP contribution >= 0.6 is 23.2 Å². The smallest absolute Gasteiger partial charge is 0.318 e. The standard InChI is InChI=1S/C17H15Cl2N3O2/c1-20-17(24)22-12-5-2-4-11(10-12)21-16(23)9-8-13-14(18)6-3-7-15(13)19/h2-10H,1H3,(H,21,23)(H2,20,22,24)/b9-8+. The van der Waals surface area contributed by atoms with E-state index in [-0.39, 0.29) is 11.9 Å². The highest BCUT2D eigenvalue weighted by atomic mass is 35.5. The van der Waals surface area contributed by atoms with Crippen molar-refractivity contribution in [2.24, 2.45) is 0 Å². The van der Waals surface area contributed by atoms with Gasteiger partial charge in [-0.3, -0.25) is 4.79 Å². The van der Waals surface area contributed by atoms with Gasteiger partial charge in [-0.2, -0.15) is 0 Å². The Morgan fingerprint density at radius 1 is 0.958 bits per heavy atom. The lowest BCUT2D eigenvalue weighted by molar-refractivity contribution is -0.111. The van der Waals surface area contributed by atoms with Crippen LogP contribution in [0.2, 0.25) is 10.0 Å². The topological polar surface area (TPSA) is 70.2 Å². The highest BCUT2D eigenvalue weighted by Gasteiger charge is 2.04. The van der Waals surface area contributed by atoms with Crippen molar-refractivity contribution in [2.75, 3.05) is 17.7 Å². The summed E-state index contributed by atoms with van der Waals surface area (Å²) in [6.07, 6.45) is 2.89. The van der Waals surface area contributed by atoms with E-state index in [4.69, 9.17) is 23.2 Å². The third-order valence-corrected chi connectivity index (χ3v) is 3.68. The largest absolute Gasteiger partial charge is 0.341 e. The third-order valence-electron chi connectivity index (χ3n) is 3.02. The molecule has 2 rings (SSSR count). The first-order valence-electron chi connectivity index (χ1n) is 7.01. The fourth-order valence-corrected chi connectivity index (χ4v) is 2.40. The van der Waals surface area contributed by atoms with E-state index in [2.05, 4.69) is 16.0 Å². The van der Waals surface area contributed by atoms with Crippen molar-refractivity contribution in [2.45, 2.75) is 0 Å². The van der Waals surface area contributed by atoms with Crippen molar-refractivity contribution >= 4 is 52.6 Å². The quantitative estimate of drug-likeness (QED) is 0.704. The average Bonchev–Trinajstić information content (AvgIpc) is 2.54. The molecular formula is C17H15Cl2N3O2. The lowest BCUT2D eigenvalue weighted by atomic mass is 10.2. The molecule has 3 N–H and O–H groups in total. The van der Waals surface area contributed by atoms with Crippen LogP contribution < -0.4 is 16.0 Å². The van der Waals surface area contributed by atoms with Gasteiger partial charge in [-0.05, 0) is 36.4 Å². The predicted octanol–water partition coefficient (Wildman–Crippen LogP) is 4.40. The van der Waals surface area contributed by atoms with E-state index in [1.165, 1.54) is 13.1 Å². The van der Waals surface area contributed by atoms with Crippen molar-refractivity contribution in [3.63, 3.8) is 0 Å². The number of amides is 3. The van der Waals surface area contributed by atoms with Gasteiger partial charge < -0.3 is 16.0 Å². The molecule has 24 heavy (non-hydrogen) atoms. The van der Waals surface area contributed by atoms with Crippen LogP contribution in [0.3, 0.4) is 0 Å². The molecule has 124 valence electrons. The Morgan fingerprint density at radius 3 is 2.17 bits per heavy atom. The molecule has 0 unspecified atom stereocenters. The van der Waals surface area contributed by atoms with Gasteiger partial charge in [-0.25, -0.2) is 4.79 Å². The summed E-state index contributed by atoms with van der Waals surface area (Å²) in [6, 6.07) is 11.6. The monoisotopic (exact) mass is 363 g/mol. The van der Waals surface area contributed by atoms with E-state index in [0.717, 1.165) is 0 Å². The van der Waals surface area contributed by atoms with Gasteiger partial charge in [0.1, 0.15) is 0 Å². The van der Waals surface area contributed by atoms with Crippen molar-refractivity contribution < 1.29 is 9.59 Å². The molecule has 0 saturated carbocycles.